The molecule has 1 rings (SSSR count). The summed E-state index contributed by atoms with van der Waals surface area (Å²) < 4.78 is 40.9. The first-order valence-electron chi connectivity index (χ1n) is 6.20. The van der Waals surface area contributed by atoms with Crippen molar-refractivity contribution in [2.24, 2.45) is 0 Å². The highest BCUT2D eigenvalue weighted by molar-refractivity contribution is 5.94. The van der Waals surface area contributed by atoms with E-state index in [1.54, 1.807) is 17.4 Å². The molecule has 0 heterocycles. The number of hydrogen-bond donors (Lipinski definition) is 2. The van der Waals surface area contributed by atoms with Crippen molar-refractivity contribution in [1.29, 1.82) is 0 Å². The summed E-state index contributed by atoms with van der Waals surface area (Å²) in [6.07, 6.45) is -4.92. The lowest BCUT2D eigenvalue weighted by Crippen LogP contribution is -2.41. The first-order valence-corrected chi connectivity index (χ1v) is 6.20. The Morgan fingerprint density at radius 2 is 1.67 bits per heavy atom. The number of halogens is 3. The lowest BCUT2D eigenvalue weighted by molar-refractivity contribution is -0.173. The smallest absolute Gasteiger partial charge is 0.471 e. The Balaban J connectivity index is 2.35. The Labute approximate surface area is 119 Å². The minimum atomic E-state index is -4.92. The molecule has 0 fully saturated rings. The highest BCUT2D eigenvalue weighted by Crippen LogP contribution is 2.13. The molecule has 0 unspecified atom stereocenters. The number of amides is 2. The number of carbonyl (C=O) groups is 2. The van der Waals surface area contributed by atoms with Gasteiger partial charge in [-0.3, -0.25) is 9.59 Å². The van der Waals surface area contributed by atoms with Crippen molar-refractivity contribution in [3.8, 4) is 5.75 Å². The van der Waals surface area contributed by atoms with E-state index in [1.165, 1.54) is 12.1 Å². The lowest BCUT2D eigenvalue weighted by atomic mass is 10.2. The zero-order valence-electron chi connectivity index (χ0n) is 11.3. The van der Waals surface area contributed by atoms with Gasteiger partial charge >= 0.3 is 12.1 Å². The third-order valence-electron chi connectivity index (χ3n) is 2.38. The van der Waals surface area contributed by atoms with Gasteiger partial charge in [0, 0.05) is 18.7 Å². The molecule has 0 spiro atoms. The van der Waals surface area contributed by atoms with Crippen molar-refractivity contribution in [3.63, 3.8) is 0 Å². The molecule has 8 heteroatoms. The SMILES string of the molecule is CCOc1ccc(C(=O)NCCNC(=O)C(F)(F)F)cc1. The maximum Gasteiger partial charge on any atom is 0.471 e. The van der Waals surface area contributed by atoms with Crippen LogP contribution in [0.2, 0.25) is 0 Å². The fraction of sp³-hybridized carbons (Fsp3) is 0.385. The summed E-state index contributed by atoms with van der Waals surface area (Å²) in [4.78, 5) is 22.2. The van der Waals surface area contributed by atoms with E-state index < -0.39 is 18.0 Å². The van der Waals surface area contributed by atoms with Crippen LogP contribution in [0.25, 0.3) is 0 Å². The topological polar surface area (TPSA) is 67.4 Å². The zero-order chi connectivity index (χ0) is 15.9. The van der Waals surface area contributed by atoms with Crippen LogP contribution in [-0.4, -0.2) is 37.7 Å². The van der Waals surface area contributed by atoms with E-state index in [1.807, 2.05) is 6.92 Å². The summed E-state index contributed by atoms with van der Waals surface area (Å²) in [6, 6.07) is 6.30. The van der Waals surface area contributed by atoms with E-state index >= 15 is 0 Å². The van der Waals surface area contributed by atoms with Gasteiger partial charge in [-0.1, -0.05) is 0 Å². The minimum Gasteiger partial charge on any atom is -0.494 e. The molecule has 0 bridgehead atoms. The molecule has 0 atom stereocenters. The predicted molar refractivity (Wildman–Crippen MR) is 69.0 cm³/mol. The number of benzene rings is 1. The van der Waals surface area contributed by atoms with E-state index in [9.17, 15) is 22.8 Å². The van der Waals surface area contributed by atoms with Crippen LogP contribution < -0.4 is 15.4 Å². The van der Waals surface area contributed by atoms with E-state index in [2.05, 4.69) is 5.32 Å². The summed E-state index contributed by atoms with van der Waals surface area (Å²) in [5.74, 6) is -1.86. The average Bonchev–Trinajstić information content (AvgIpc) is 2.43. The van der Waals surface area contributed by atoms with Crippen molar-refractivity contribution in [1.82, 2.24) is 10.6 Å². The quantitative estimate of drug-likeness (QED) is 0.783. The number of carbonyl (C=O) groups excluding carboxylic acids is 2. The fourth-order valence-corrected chi connectivity index (χ4v) is 1.42. The van der Waals surface area contributed by atoms with Crippen molar-refractivity contribution >= 4 is 11.8 Å². The van der Waals surface area contributed by atoms with Crippen molar-refractivity contribution in [2.45, 2.75) is 13.1 Å². The number of hydrogen-bond acceptors (Lipinski definition) is 3. The first-order chi connectivity index (χ1) is 9.84. The second-order valence-electron chi connectivity index (χ2n) is 3.97. The van der Waals surface area contributed by atoms with Crippen LogP contribution in [0.15, 0.2) is 24.3 Å². The molecule has 0 aliphatic rings. The van der Waals surface area contributed by atoms with Crippen LogP contribution in [0.4, 0.5) is 13.2 Å². The molecule has 0 radical (unpaired) electrons. The van der Waals surface area contributed by atoms with Gasteiger partial charge in [0.1, 0.15) is 5.75 Å². The van der Waals surface area contributed by atoms with Crippen LogP contribution in [0.5, 0.6) is 5.75 Å². The number of nitrogens with one attached hydrogen (secondary N) is 2. The Hall–Kier alpha value is -2.25. The van der Waals surface area contributed by atoms with Crippen LogP contribution in [0, 0.1) is 0 Å². The maximum atomic E-state index is 11.9. The third-order valence-corrected chi connectivity index (χ3v) is 2.38. The summed E-state index contributed by atoms with van der Waals surface area (Å²) in [5.41, 5.74) is 0.348. The Bertz CT molecular complexity index is 486. The summed E-state index contributed by atoms with van der Waals surface area (Å²) in [6.45, 7) is 1.93. The monoisotopic (exact) mass is 304 g/mol. The fourth-order valence-electron chi connectivity index (χ4n) is 1.42. The molecule has 21 heavy (non-hydrogen) atoms. The van der Waals surface area contributed by atoms with E-state index in [0.29, 0.717) is 17.9 Å². The van der Waals surface area contributed by atoms with Gasteiger partial charge in [-0.2, -0.15) is 13.2 Å². The molecule has 0 aromatic heterocycles. The lowest BCUT2D eigenvalue weighted by Gasteiger charge is -2.09. The van der Waals surface area contributed by atoms with Crippen LogP contribution in [0.1, 0.15) is 17.3 Å². The second kappa shape index (κ2) is 7.51. The minimum absolute atomic E-state index is 0.103. The molecular formula is C13H15F3N2O3. The molecule has 116 valence electrons. The molecule has 0 saturated heterocycles. The average molecular weight is 304 g/mol. The molecule has 0 aliphatic heterocycles. The van der Waals surface area contributed by atoms with Gasteiger partial charge in [-0.15, -0.1) is 0 Å². The maximum absolute atomic E-state index is 11.9. The van der Waals surface area contributed by atoms with Crippen molar-refractivity contribution < 1.29 is 27.5 Å². The highest BCUT2D eigenvalue weighted by Gasteiger charge is 2.38. The van der Waals surface area contributed by atoms with Crippen LogP contribution in [0.3, 0.4) is 0 Å². The van der Waals surface area contributed by atoms with Gasteiger partial charge in [-0.05, 0) is 31.2 Å². The zero-order valence-corrected chi connectivity index (χ0v) is 11.3. The van der Waals surface area contributed by atoms with E-state index in [-0.39, 0.29) is 13.1 Å². The van der Waals surface area contributed by atoms with Gasteiger partial charge in [0.05, 0.1) is 6.61 Å². The largest absolute Gasteiger partial charge is 0.494 e. The van der Waals surface area contributed by atoms with Crippen molar-refractivity contribution in [2.75, 3.05) is 19.7 Å². The van der Waals surface area contributed by atoms with Gasteiger partial charge in [0.2, 0.25) is 0 Å². The molecule has 5 nitrogen and oxygen atoms in total. The summed E-state index contributed by atoms with van der Waals surface area (Å²) in [5, 5.41) is 4.05. The van der Waals surface area contributed by atoms with Crippen molar-refractivity contribution in [3.05, 3.63) is 29.8 Å². The summed E-state index contributed by atoms with van der Waals surface area (Å²) in [7, 11) is 0. The van der Waals surface area contributed by atoms with Crippen LogP contribution >= 0.6 is 0 Å². The molecule has 1 aromatic rings. The molecule has 0 saturated carbocycles. The molecule has 1 aromatic carbocycles. The van der Waals surface area contributed by atoms with Gasteiger partial charge in [-0.25, -0.2) is 0 Å². The Morgan fingerprint density at radius 1 is 1.10 bits per heavy atom. The molecule has 2 amide bonds. The normalized spacial score (nSPS) is 10.9. The van der Waals surface area contributed by atoms with E-state index in [0.717, 1.165) is 0 Å². The number of ether oxygens (including phenoxy) is 1. The van der Waals surface area contributed by atoms with Gasteiger partial charge in [0.15, 0.2) is 0 Å². The highest BCUT2D eigenvalue weighted by atomic mass is 19.4. The number of rotatable bonds is 6. The Kier molecular flexibility index (Phi) is 6.01. The standard InChI is InChI=1S/C13H15F3N2O3/c1-2-21-10-5-3-9(4-6-10)11(19)17-7-8-18-12(20)13(14,15)16/h3-6H,2,7-8H2,1H3,(H,17,19)(H,18,20). The third kappa shape index (κ3) is 5.72. The molecule has 2 N–H and O–H groups in total. The summed E-state index contributed by atoms with van der Waals surface area (Å²) >= 11 is 0. The first kappa shape index (κ1) is 16.8. The van der Waals surface area contributed by atoms with Gasteiger partial charge < -0.3 is 15.4 Å². The predicted octanol–water partition coefficient (Wildman–Crippen LogP) is 1.49. The molecular weight excluding hydrogens is 289 g/mol. The number of alkyl halides is 3. The van der Waals surface area contributed by atoms with Gasteiger partial charge in [0.25, 0.3) is 5.91 Å². The second-order valence-corrected chi connectivity index (χ2v) is 3.97. The molecule has 0 aliphatic carbocycles. The Morgan fingerprint density at radius 3 is 2.19 bits per heavy atom. The van der Waals surface area contributed by atoms with E-state index in [4.69, 9.17) is 4.74 Å². The van der Waals surface area contributed by atoms with Crippen LogP contribution in [-0.2, 0) is 4.79 Å².